The Morgan fingerprint density at radius 3 is 2.59 bits per heavy atom. The van der Waals surface area contributed by atoms with Gasteiger partial charge in [0.2, 0.25) is 0 Å². The van der Waals surface area contributed by atoms with Crippen LogP contribution in [0.1, 0.15) is 48.8 Å². The summed E-state index contributed by atoms with van der Waals surface area (Å²) >= 11 is 0. The van der Waals surface area contributed by atoms with Crippen LogP contribution < -0.4 is 5.32 Å². The molecule has 5 nitrogen and oxygen atoms in total. The van der Waals surface area contributed by atoms with Gasteiger partial charge < -0.3 is 19.7 Å². The predicted molar refractivity (Wildman–Crippen MR) is 130 cm³/mol. The van der Waals surface area contributed by atoms with E-state index >= 15 is 0 Å². The number of ether oxygens (including phenoxy) is 2. The fraction of sp³-hybridized carbons (Fsp3) is 0.519. The SMILES string of the molecule is CN=C(NCc1cccc(COC2CCOCC2)c1)N1CCC(c2ccccc2)C(C)C1. The molecule has 2 heterocycles. The van der Waals surface area contributed by atoms with Crippen LogP contribution in [0.25, 0.3) is 0 Å². The fourth-order valence-electron chi connectivity index (χ4n) is 4.93. The highest BCUT2D eigenvalue weighted by atomic mass is 16.5. The molecule has 0 saturated carbocycles. The Bertz CT molecular complexity index is 864. The molecule has 5 heteroatoms. The van der Waals surface area contributed by atoms with Gasteiger partial charge in [-0.25, -0.2) is 0 Å². The van der Waals surface area contributed by atoms with Crippen LogP contribution in [0, 0.1) is 5.92 Å². The molecule has 32 heavy (non-hydrogen) atoms. The summed E-state index contributed by atoms with van der Waals surface area (Å²) in [7, 11) is 1.88. The number of piperidine rings is 1. The second-order valence-electron chi connectivity index (χ2n) is 9.07. The molecule has 2 aromatic rings. The number of benzene rings is 2. The number of hydrogen-bond donors (Lipinski definition) is 1. The lowest BCUT2D eigenvalue weighted by Gasteiger charge is -2.39. The molecule has 0 aliphatic carbocycles. The van der Waals surface area contributed by atoms with Crippen LogP contribution in [0.2, 0.25) is 0 Å². The van der Waals surface area contributed by atoms with Gasteiger partial charge in [0.25, 0.3) is 0 Å². The van der Waals surface area contributed by atoms with Crippen LogP contribution in [0.3, 0.4) is 0 Å². The molecule has 4 rings (SSSR count). The van der Waals surface area contributed by atoms with E-state index in [1.54, 1.807) is 0 Å². The van der Waals surface area contributed by atoms with Crippen LogP contribution in [-0.4, -0.2) is 50.3 Å². The topological polar surface area (TPSA) is 46.1 Å². The van der Waals surface area contributed by atoms with Crippen molar-refractivity contribution in [1.29, 1.82) is 0 Å². The molecule has 1 N–H and O–H groups in total. The lowest BCUT2D eigenvalue weighted by atomic mass is 9.82. The molecule has 2 aliphatic rings. The van der Waals surface area contributed by atoms with Crippen LogP contribution >= 0.6 is 0 Å². The molecule has 0 spiro atoms. The highest BCUT2D eigenvalue weighted by Crippen LogP contribution is 2.32. The van der Waals surface area contributed by atoms with Gasteiger partial charge in [0.15, 0.2) is 5.96 Å². The van der Waals surface area contributed by atoms with Gasteiger partial charge in [0.05, 0.1) is 12.7 Å². The Balaban J connectivity index is 1.28. The summed E-state index contributed by atoms with van der Waals surface area (Å²) in [5, 5.41) is 3.58. The van der Waals surface area contributed by atoms with E-state index in [9.17, 15) is 0 Å². The first-order chi connectivity index (χ1) is 15.7. The van der Waals surface area contributed by atoms with E-state index in [4.69, 9.17) is 9.47 Å². The quantitative estimate of drug-likeness (QED) is 0.533. The van der Waals surface area contributed by atoms with Crippen molar-refractivity contribution in [1.82, 2.24) is 10.2 Å². The number of guanidine groups is 1. The third kappa shape index (κ3) is 6.11. The summed E-state index contributed by atoms with van der Waals surface area (Å²) in [5.41, 5.74) is 3.94. The van der Waals surface area contributed by atoms with Crippen LogP contribution in [-0.2, 0) is 22.6 Å². The molecule has 2 atom stereocenters. The monoisotopic (exact) mass is 435 g/mol. The summed E-state index contributed by atoms with van der Waals surface area (Å²) in [6.07, 6.45) is 3.48. The average molecular weight is 436 g/mol. The Morgan fingerprint density at radius 2 is 1.84 bits per heavy atom. The van der Waals surface area contributed by atoms with E-state index in [0.29, 0.717) is 24.5 Å². The lowest BCUT2D eigenvalue weighted by molar-refractivity contribution is -0.0390. The Labute approximate surface area is 192 Å². The molecule has 172 valence electrons. The molecular weight excluding hydrogens is 398 g/mol. The van der Waals surface area contributed by atoms with Gasteiger partial charge in [-0.3, -0.25) is 4.99 Å². The fourth-order valence-corrected chi connectivity index (χ4v) is 4.93. The Hall–Kier alpha value is -2.37. The van der Waals surface area contributed by atoms with Crippen molar-refractivity contribution >= 4 is 5.96 Å². The van der Waals surface area contributed by atoms with E-state index in [2.05, 4.69) is 76.7 Å². The van der Waals surface area contributed by atoms with Crippen molar-refractivity contribution < 1.29 is 9.47 Å². The first-order valence-electron chi connectivity index (χ1n) is 12.0. The smallest absolute Gasteiger partial charge is 0.193 e. The van der Waals surface area contributed by atoms with Crippen molar-refractivity contribution in [3.63, 3.8) is 0 Å². The van der Waals surface area contributed by atoms with E-state index < -0.39 is 0 Å². The van der Waals surface area contributed by atoms with Gasteiger partial charge >= 0.3 is 0 Å². The number of nitrogens with zero attached hydrogens (tertiary/aromatic N) is 2. The maximum atomic E-state index is 6.09. The number of nitrogens with one attached hydrogen (secondary N) is 1. The molecule has 0 aromatic heterocycles. The molecule has 2 fully saturated rings. The molecule has 2 unspecified atom stereocenters. The van der Waals surface area contributed by atoms with E-state index in [0.717, 1.165) is 58.1 Å². The summed E-state index contributed by atoms with van der Waals surface area (Å²) in [4.78, 5) is 6.98. The maximum absolute atomic E-state index is 6.09. The van der Waals surface area contributed by atoms with Gasteiger partial charge in [-0.2, -0.15) is 0 Å². The van der Waals surface area contributed by atoms with Gasteiger partial charge in [-0.05, 0) is 47.8 Å². The lowest BCUT2D eigenvalue weighted by Crippen LogP contribution is -2.47. The van der Waals surface area contributed by atoms with Gasteiger partial charge in [0.1, 0.15) is 0 Å². The third-order valence-corrected chi connectivity index (χ3v) is 6.74. The minimum absolute atomic E-state index is 0.324. The van der Waals surface area contributed by atoms with Crippen molar-refractivity contribution in [2.75, 3.05) is 33.4 Å². The summed E-state index contributed by atoms with van der Waals surface area (Å²) in [5.74, 6) is 2.21. The minimum atomic E-state index is 0.324. The second-order valence-corrected chi connectivity index (χ2v) is 9.07. The minimum Gasteiger partial charge on any atom is -0.381 e. The first kappa shape index (κ1) is 22.8. The van der Waals surface area contributed by atoms with E-state index in [-0.39, 0.29) is 0 Å². The van der Waals surface area contributed by atoms with Crippen LogP contribution in [0.15, 0.2) is 59.6 Å². The summed E-state index contributed by atoms with van der Waals surface area (Å²) in [6.45, 7) is 7.48. The zero-order valence-corrected chi connectivity index (χ0v) is 19.5. The predicted octanol–water partition coefficient (Wildman–Crippen LogP) is 4.58. The average Bonchev–Trinajstić information content (AvgIpc) is 2.85. The van der Waals surface area contributed by atoms with Gasteiger partial charge in [0, 0.05) is 39.9 Å². The number of hydrogen-bond acceptors (Lipinski definition) is 3. The van der Waals surface area contributed by atoms with Crippen molar-refractivity contribution in [2.24, 2.45) is 10.9 Å². The number of likely N-dealkylation sites (tertiary alicyclic amines) is 1. The van der Waals surface area contributed by atoms with Crippen molar-refractivity contribution in [2.45, 2.75) is 51.4 Å². The van der Waals surface area contributed by atoms with Crippen LogP contribution in [0.4, 0.5) is 0 Å². The van der Waals surface area contributed by atoms with Gasteiger partial charge in [-0.15, -0.1) is 0 Å². The van der Waals surface area contributed by atoms with E-state index in [1.807, 2.05) is 7.05 Å². The molecule has 0 bridgehead atoms. The molecule has 2 aliphatic heterocycles. The van der Waals surface area contributed by atoms with E-state index in [1.165, 1.54) is 16.7 Å². The summed E-state index contributed by atoms with van der Waals surface area (Å²) in [6, 6.07) is 19.6. The zero-order chi connectivity index (χ0) is 22.2. The maximum Gasteiger partial charge on any atom is 0.193 e. The molecule has 2 saturated heterocycles. The number of rotatable bonds is 6. The van der Waals surface area contributed by atoms with Crippen LogP contribution in [0.5, 0.6) is 0 Å². The molecule has 2 aromatic carbocycles. The second kappa shape index (κ2) is 11.5. The molecular formula is C27H37N3O2. The number of aliphatic imine (C=N–C) groups is 1. The van der Waals surface area contributed by atoms with Crippen molar-refractivity contribution in [3.8, 4) is 0 Å². The zero-order valence-electron chi connectivity index (χ0n) is 19.5. The van der Waals surface area contributed by atoms with Crippen molar-refractivity contribution in [3.05, 3.63) is 71.3 Å². The van der Waals surface area contributed by atoms with Gasteiger partial charge in [-0.1, -0.05) is 61.5 Å². The normalized spacial score (nSPS) is 22.7. The summed E-state index contributed by atoms with van der Waals surface area (Å²) < 4.78 is 11.5. The Morgan fingerprint density at radius 1 is 1.06 bits per heavy atom. The highest BCUT2D eigenvalue weighted by Gasteiger charge is 2.28. The highest BCUT2D eigenvalue weighted by molar-refractivity contribution is 5.80. The largest absolute Gasteiger partial charge is 0.381 e. The molecule has 0 amide bonds. The Kier molecular flexibility index (Phi) is 8.18. The first-order valence-corrected chi connectivity index (χ1v) is 12.0. The molecule has 0 radical (unpaired) electrons. The third-order valence-electron chi connectivity index (χ3n) is 6.74. The standard InChI is InChI=1S/C27H37N3O2/c1-21-19-30(14-11-26(21)24-9-4-3-5-10-24)27(28-2)29-18-22-7-6-8-23(17-22)20-32-25-12-15-31-16-13-25/h3-10,17,21,25-26H,11-16,18-20H2,1-2H3,(H,28,29).